The summed E-state index contributed by atoms with van der Waals surface area (Å²) in [6.45, 7) is 0. The summed E-state index contributed by atoms with van der Waals surface area (Å²) in [5.74, 6) is 0.149. The number of pyridine rings is 2. The molecule has 2 aromatic rings. The van der Waals surface area contributed by atoms with E-state index in [1.54, 1.807) is 12.3 Å². The van der Waals surface area contributed by atoms with Gasteiger partial charge in [0.05, 0.1) is 17.2 Å². The van der Waals surface area contributed by atoms with Crippen LogP contribution in [0.5, 0.6) is 5.75 Å². The van der Waals surface area contributed by atoms with E-state index < -0.39 is 0 Å². The van der Waals surface area contributed by atoms with Crippen LogP contribution in [0.3, 0.4) is 0 Å². The minimum atomic E-state index is 0.149. The predicted molar refractivity (Wildman–Crippen MR) is 41.2 cm³/mol. The standard InChI is InChI=1S/C8H6N2O/c11-6-4-8-7(10-5-6)2-1-3-9-8/h1-5,11H. The van der Waals surface area contributed by atoms with Crippen molar-refractivity contribution >= 4 is 11.0 Å². The first-order chi connectivity index (χ1) is 5.36. The average molecular weight is 146 g/mol. The number of fused-ring (bicyclic) bond motifs is 1. The fourth-order valence-corrected chi connectivity index (χ4v) is 0.942. The van der Waals surface area contributed by atoms with E-state index in [0.717, 1.165) is 5.52 Å². The summed E-state index contributed by atoms with van der Waals surface area (Å²) in [5, 5.41) is 9.03. The molecule has 54 valence electrons. The van der Waals surface area contributed by atoms with Crippen molar-refractivity contribution in [3.8, 4) is 5.75 Å². The van der Waals surface area contributed by atoms with Crippen LogP contribution >= 0.6 is 0 Å². The van der Waals surface area contributed by atoms with E-state index in [4.69, 9.17) is 5.11 Å². The number of hydrogen-bond acceptors (Lipinski definition) is 3. The first-order valence-electron chi connectivity index (χ1n) is 3.26. The lowest BCUT2D eigenvalue weighted by Crippen LogP contribution is -1.79. The Kier molecular flexibility index (Phi) is 1.22. The molecule has 3 heteroatoms. The van der Waals surface area contributed by atoms with Gasteiger partial charge in [-0.25, -0.2) is 0 Å². The fraction of sp³-hybridized carbons (Fsp3) is 0. The summed E-state index contributed by atoms with van der Waals surface area (Å²) >= 11 is 0. The van der Waals surface area contributed by atoms with Crippen LogP contribution in [0, 0.1) is 0 Å². The molecule has 0 radical (unpaired) electrons. The lowest BCUT2D eigenvalue weighted by molar-refractivity contribution is 0.473. The SMILES string of the molecule is Oc1cnc2cccnc2c1. The van der Waals surface area contributed by atoms with E-state index in [-0.39, 0.29) is 5.75 Å². The van der Waals surface area contributed by atoms with E-state index in [1.165, 1.54) is 6.20 Å². The largest absolute Gasteiger partial charge is 0.506 e. The van der Waals surface area contributed by atoms with Gasteiger partial charge in [-0.1, -0.05) is 0 Å². The second-order valence-electron chi connectivity index (χ2n) is 2.24. The van der Waals surface area contributed by atoms with Crippen LogP contribution in [0.1, 0.15) is 0 Å². The first kappa shape index (κ1) is 6.09. The number of hydrogen-bond donors (Lipinski definition) is 1. The van der Waals surface area contributed by atoms with E-state index in [9.17, 15) is 0 Å². The molecule has 0 aliphatic carbocycles. The molecule has 2 heterocycles. The zero-order chi connectivity index (χ0) is 7.68. The van der Waals surface area contributed by atoms with Gasteiger partial charge in [0.15, 0.2) is 0 Å². The average Bonchev–Trinajstić information content (AvgIpc) is 2.04. The maximum Gasteiger partial charge on any atom is 0.136 e. The minimum absolute atomic E-state index is 0.149. The van der Waals surface area contributed by atoms with Crippen LogP contribution in [0.15, 0.2) is 30.6 Å². The summed E-state index contributed by atoms with van der Waals surface area (Å²) in [5.41, 5.74) is 1.51. The smallest absolute Gasteiger partial charge is 0.136 e. The molecule has 0 saturated heterocycles. The van der Waals surface area contributed by atoms with Crippen molar-refractivity contribution in [1.82, 2.24) is 9.97 Å². The van der Waals surface area contributed by atoms with Crippen molar-refractivity contribution in [2.24, 2.45) is 0 Å². The molecule has 3 nitrogen and oxygen atoms in total. The molecule has 0 atom stereocenters. The van der Waals surface area contributed by atoms with E-state index in [1.807, 2.05) is 12.1 Å². The highest BCUT2D eigenvalue weighted by atomic mass is 16.3. The predicted octanol–water partition coefficient (Wildman–Crippen LogP) is 1.34. The third-order valence-corrected chi connectivity index (χ3v) is 1.44. The molecule has 0 bridgehead atoms. The highest BCUT2D eigenvalue weighted by molar-refractivity contribution is 5.74. The molecule has 0 unspecified atom stereocenters. The molecule has 0 fully saturated rings. The second kappa shape index (κ2) is 2.20. The topological polar surface area (TPSA) is 46.0 Å². The van der Waals surface area contributed by atoms with Gasteiger partial charge in [0.25, 0.3) is 0 Å². The number of aromatic hydroxyl groups is 1. The molecule has 0 amide bonds. The van der Waals surface area contributed by atoms with Crippen molar-refractivity contribution < 1.29 is 5.11 Å². The fourth-order valence-electron chi connectivity index (χ4n) is 0.942. The molecule has 11 heavy (non-hydrogen) atoms. The number of aromatic nitrogens is 2. The van der Waals surface area contributed by atoms with E-state index >= 15 is 0 Å². The summed E-state index contributed by atoms with van der Waals surface area (Å²) < 4.78 is 0. The van der Waals surface area contributed by atoms with Gasteiger partial charge in [-0.2, -0.15) is 0 Å². The quantitative estimate of drug-likeness (QED) is 0.610. The van der Waals surface area contributed by atoms with Crippen LogP contribution in [0.2, 0.25) is 0 Å². The lowest BCUT2D eigenvalue weighted by Gasteiger charge is -1.94. The molecule has 0 aliphatic heterocycles. The summed E-state index contributed by atoms with van der Waals surface area (Å²) in [7, 11) is 0. The Hall–Kier alpha value is -1.64. The minimum Gasteiger partial charge on any atom is -0.506 e. The van der Waals surface area contributed by atoms with Gasteiger partial charge in [-0.15, -0.1) is 0 Å². The van der Waals surface area contributed by atoms with Crippen LogP contribution in [0.25, 0.3) is 11.0 Å². The molecule has 1 N–H and O–H groups in total. The Balaban J connectivity index is 2.83. The molecule has 0 aliphatic rings. The maximum atomic E-state index is 9.03. The highest BCUT2D eigenvalue weighted by Gasteiger charge is 1.94. The van der Waals surface area contributed by atoms with Crippen LogP contribution in [0.4, 0.5) is 0 Å². The van der Waals surface area contributed by atoms with Crippen molar-refractivity contribution in [1.29, 1.82) is 0 Å². The van der Waals surface area contributed by atoms with Crippen LogP contribution in [-0.4, -0.2) is 15.1 Å². The van der Waals surface area contributed by atoms with Crippen LogP contribution < -0.4 is 0 Å². The number of rotatable bonds is 0. The van der Waals surface area contributed by atoms with Gasteiger partial charge in [0.2, 0.25) is 0 Å². The Bertz CT molecular complexity index is 387. The second-order valence-corrected chi connectivity index (χ2v) is 2.24. The summed E-state index contributed by atoms with van der Waals surface area (Å²) in [4.78, 5) is 7.99. The third kappa shape index (κ3) is 1.00. The number of nitrogens with zero attached hydrogens (tertiary/aromatic N) is 2. The Morgan fingerprint density at radius 3 is 3.00 bits per heavy atom. The Morgan fingerprint density at radius 2 is 2.09 bits per heavy atom. The van der Waals surface area contributed by atoms with Crippen molar-refractivity contribution in [2.75, 3.05) is 0 Å². The molecule has 0 saturated carbocycles. The first-order valence-corrected chi connectivity index (χ1v) is 3.26. The molecule has 2 rings (SSSR count). The van der Waals surface area contributed by atoms with Gasteiger partial charge < -0.3 is 5.11 Å². The van der Waals surface area contributed by atoms with Gasteiger partial charge in [0.1, 0.15) is 5.75 Å². The summed E-state index contributed by atoms with van der Waals surface area (Å²) in [6, 6.07) is 5.25. The maximum absolute atomic E-state index is 9.03. The van der Waals surface area contributed by atoms with Gasteiger partial charge in [-0.05, 0) is 12.1 Å². The molecular formula is C8H6N2O. The normalized spacial score (nSPS) is 10.2. The molecule has 0 spiro atoms. The van der Waals surface area contributed by atoms with Gasteiger partial charge >= 0.3 is 0 Å². The molecular weight excluding hydrogens is 140 g/mol. The van der Waals surface area contributed by atoms with Gasteiger partial charge in [0, 0.05) is 12.3 Å². The molecule has 2 aromatic heterocycles. The monoisotopic (exact) mass is 146 g/mol. The van der Waals surface area contributed by atoms with Crippen molar-refractivity contribution in [2.45, 2.75) is 0 Å². The Morgan fingerprint density at radius 1 is 1.18 bits per heavy atom. The third-order valence-electron chi connectivity index (χ3n) is 1.44. The van der Waals surface area contributed by atoms with Crippen LogP contribution in [-0.2, 0) is 0 Å². The van der Waals surface area contributed by atoms with Gasteiger partial charge in [-0.3, -0.25) is 9.97 Å². The zero-order valence-corrected chi connectivity index (χ0v) is 5.73. The van der Waals surface area contributed by atoms with E-state index in [2.05, 4.69) is 9.97 Å². The lowest BCUT2D eigenvalue weighted by atomic mass is 10.3. The highest BCUT2D eigenvalue weighted by Crippen LogP contribution is 2.13. The Labute approximate surface area is 63.3 Å². The zero-order valence-electron chi connectivity index (χ0n) is 5.73. The van der Waals surface area contributed by atoms with E-state index in [0.29, 0.717) is 5.52 Å². The van der Waals surface area contributed by atoms with Crippen molar-refractivity contribution in [3.63, 3.8) is 0 Å². The summed E-state index contributed by atoms with van der Waals surface area (Å²) in [6.07, 6.45) is 3.08. The van der Waals surface area contributed by atoms with Crippen molar-refractivity contribution in [3.05, 3.63) is 30.6 Å². The molecule has 0 aromatic carbocycles.